The van der Waals surface area contributed by atoms with E-state index in [2.05, 4.69) is 54.2 Å². The van der Waals surface area contributed by atoms with Crippen molar-refractivity contribution in [1.82, 2.24) is 0 Å². The van der Waals surface area contributed by atoms with Crippen molar-refractivity contribution in [1.29, 1.82) is 0 Å². The summed E-state index contributed by atoms with van der Waals surface area (Å²) in [6, 6.07) is 5.50. The van der Waals surface area contributed by atoms with E-state index in [0.717, 1.165) is 24.8 Å². The van der Waals surface area contributed by atoms with Gasteiger partial charge in [-0.05, 0) is 145 Å². The zero-order valence-electron chi connectivity index (χ0n) is 26.2. The summed E-state index contributed by atoms with van der Waals surface area (Å²) >= 11 is 6.45. The fourth-order valence-electron chi connectivity index (χ4n) is 12.5. The highest BCUT2D eigenvalue weighted by molar-refractivity contribution is 6.33. The first kappa shape index (κ1) is 29.5. The fraction of sp³-hybridized carbons (Fsp3) is 0.703. The van der Waals surface area contributed by atoms with Crippen LogP contribution in [0.2, 0.25) is 5.02 Å². The predicted octanol–water partition coefficient (Wildman–Crippen LogP) is 9.68. The number of carbonyl (C=O) groups is 1. The summed E-state index contributed by atoms with van der Waals surface area (Å²) < 4.78 is 0. The monoisotopic (exact) mass is 578 g/mol. The highest BCUT2D eigenvalue weighted by atomic mass is 35.5. The highest BCUT2D eigenvalue weighted by Gasteiger charge is 2.70. The van der Waals surface area contributed by atoms with Gasteiger partial charge in [0.1, 0.15) is 0 Å². The molecule has 4 fully saturated rings. The molecule has 0 saturated heterocycles. The third kappa shape index (κ3) is 3.83. The summed E-state index contributed by atoms with van der Waals surface area (Å²) in [4.78, 5) is 11.6. The number of aromatic carboxylic acids is 1. The van der Waals surface area contributed by atoms with E-state index in [0.29, 0.717) is 41.2 Å². The van der Waals surface area contributed by atoms with Crippen molar-refractivity contribution in [2.45, 2.75) is 99.3 Å². The maximum Gasteiger partial charge on any atom is 0.337 e. The summed E-state index contributed by atoms with van der Waals surface area (Å²) in [5, 5.41) is 20.6. The number of aliphatic hydroxyl groups excluding tert-OH is 1. The minimum absolute atomic E-state index is 0.0325. The van der Waals surface area contributed by atoms with Crippen molar-refractivity contribution < 1.29 is 15.0 Å². The van der Waals surface area contributed by atoms with Crippen LogP contribution in [0.3, 0.4) is 0 Å². The minimum atomic E-state index is -0.979. The molecule has 1 aromatic carbocycles. The molecule has 4 saturated carbocycles. The maximum absolute atomic E-state index is 11.6. The molecule has 5 aliphatic rings. The Morgan fingerprint density at radius 2 is 1.71 bits per heavy atom. The fourth-order valence-corrected chi connectivity index (χ4v) is 12.8. The lowest BCUT2D eigenvalue weighted by Crippen LogP contribution is -2.65. The summed E-state index contributed by atoms with van der Waals surface area (Å²) in [5.74, 6) is 2.02. The van der Waals surface area contributed by atoms with E-state index >= 15 is 0 Å². The second kappa shape index (κ2) is 9.46. The molecule has 0 amide bonds. The molecule has 4 heteroatoms. The third-order valence-electron chi connectivity index (χ3n) is 14.6. The van der Waals surface area contributed by atoms with E-state index in [-0.39, 0.29) is 32.6 Å². The Balaban J connectivity index is 1.37. The summed E-state index contributed by atoms with van der Waals surface area (Å²) in [6.07, 6.45) is 13.3. The topological polar surface area (TPSA) is 57.5 Å². The van der Waals surface area contributed by atoms with E-state index < -0.39 is 5.97 Å². The zero-order valence-corrected chi connectivity index (χ0v) is 26.9. The molecule has 5 aliphatic carbocycles. The van der Waals surface area contributed by atoms with Gasteiger partial charge in [-0.15, -0.1) is 0 Å². The number of carboxylic acid groups (broad SMARTS) is 1. The molecule has 3 nitrogen and oxygen atoms in total. The van der Waals surface area contributed by atoms with Gasteiger partial charge in [0.2, 0.25) is 0 Å². The van der Waals surface area contributed by atoms with E-state index in [4.69, 9.17) is 11.6 Å². The lowest BCUT2D eigenvalue weighted by molar-refractivity contribution is -0.228. The number of hydrogen-bond donors (Lipinski definition) is 2. The van der Waals surface area contributed by atoms with Crippen LogP contribution in [0.5, 0.6) is 0 Å². The lowest BCUT2D eigenvalue weighted by Gasteiger charge is -2.72. The standard InChI is InChI=1S/C37H51ClO3/c1-22(2)24-12-17-37(21-39)19-18-35(6)27(31(24)37)10-11-30-34(5)15-13-26(23-8-9-25(32(40)41)28(38)20-23)33(3,4)29(34)14-16-36(30,35)7/h8-9,13,20,24,27,29-31,39H,1,10-12,14-19,21H2,2-7H3,(H,40,41)/t24-,27?,29-,30+,31+,34-,35+,36+,37+/m0/s1. The summed E-state index contributed by atoms with van der Waals surface area (Å²) in [5.41, 5.74) is 4.72. The largest absolute Gasteiger partial charge is 0.478 e. The van der Waals surface area contributed by atoms with Gasteiger partial charge >= 0.3 is 5.97 Å². The van der Waals surface area contributed by atoms with Crippen LogP contribution in [-0.4, -0.2) is 22.8 Å². The van der Waals surface area contributed by atoms with Gasteiger partial charge in [0.15, 0.2) is 0 Å². The van der Waals surface area contributed by atoms with E-state index in [9.17, 15) is 15.0 Å². The number of allylic oxidation sites excluding steroid dienone is 3. The molecule has 0 heterocycles. The zero-order chi connectivity index (χ0) is 29.8. The number of rotatable bonds is 4. The Labute approximate surface area is 252 Å². The molecule has 9 atom stereocenters. The SMILES string of the molecule is C=C(C)[C@@H]1CC[C@]2(CO)CC[C@]3(C)C(CC[C@@H]4[C@@]5(C)CC=C(c6ccc(C(=O)O)c(Cl)c6)C(C)(C)[C@@H]5CC[C@]43C)[C@@H]12. The summed E-state index contributed by atoms with van der Waals surface area (Å²) in [7, 11) is 0. The third-order valence-corrected chi connectivity index (χ3v) is 15.0. The number of aliphatic hydroxyl groups is 1. The molecule has 2 N–H and O–H groups in total. The van der Waals surface area contributed by atoms with Crippen LogP contribution < -0.4 is 0 Å². The molecular formula is C37H51ClO3. The van der Waals surface area contributed by atoms with Gasteiger partial charge in [-0.25, -0.2) is 4.79 Å². The molecule has 41 heavy (non-hydrogen) atoms. The van der Waals surface area contributed by atoms with Gasteiger partial charge in [-0.1, -0.05) is 70.5 Å². The maximum atomic E-state index is 11.6. The average Bonchev–Trinajstić information content (AvgIpc) is 3.29. The van der Waals surface area contributed by atoms with Crippen molar-refractivity contribution in [2.24, 2.45) is 56.7 Å². The van der Waals surface area contributed by atoms with Gasteiger partial charge in [-0.2, -0.15) is 0 Å². The first-order chi connectivity index (χ1) is 19.2. The van der Waals surface area contributed by atoms with E-state index in [1.807, 2.05) is 12.1 Å². The van der Waals surface area contributed by atoms with Crippen LogP contribution in [0.25, 0.3) is 5.57 Å². The van der Waals surface area contributed by atoms with Crippen LogP contribution in [0.15, 0.2) is 36.4 Å². The smallest absolute Gasteiger partial charge is 0.337 e. The predicted molar refractivity (Wildman–Crippen MR) is 168 cm³/mol. The molecule has 1 aromatic rings. The van der Waals surface area contributed by atoms with Crippen LogP contribution in [0.1, 0.15) is 115 Å². The number of hydrogen-bond acceptors (Lipinski definition) is 2. The lowest BCUT2D eigenvalue weighted by atomic mass is 9.32. The van der Waals surface area contributed by atoms with Crippen molar-refractivity contribution in [3.05, 3.63) is 52.6 Å². The molecule has 6 rings (SSSR count). The summed E-state index contributed by atoms with van der Waals surface area (Å²) in [6.45, 7) is 19.8. The molecular weight excluding hydrogens is 528 g/mol. The first-order valence-electron chi connectivity index (χ1n) is 16.2. The molecule has 1 unspecified atom stereocenters. The van der Waals surface area contributed by atoms with Gasteiger partial charge < -0.3 is 10.2 Å². The Bertz CT molecular complexity index is 1310. The second-order valence-corrected chi connectivity index (χ2v) is 16.7. The van der Waals surface area contributed by atoms with Crippen molar-refractivity contribution in [2.75, 3.05) is 6.61 Å². The van der Waals surface area contributed by atoms with Gasteiger partial charge in [0, 0.05) is 6.61 Å². The quantitative estimate of drug-likeness (QED) is 0.350. The normalized spacial score (nSPS) is 44.6. The number of halogens is 1. The Kier molecular flexibility index (Phi) is 6.80. The van der Waals surface area contributed by atoms with Crippen LogP contribution in [-0.2, 0) is 0 Å². The Hall–Kier alpha value is -1.58. The van der Waals surface area contributed by atoms with Crippen LogP contribution in [0.4, 0.5) is 0 Å². The van der Waals surface area contributed by atoms with Gasteiger partial charge in [0.05, 0.1) is 10.6 Å². The molecule has 0 radical (unpaired) electrons. The van der Waals surface area contributed by atoms with Gasteiger partial charge in [0.25, 0.3) is 0 Å². The highest BCUT2D eigenvalue weighted by Crippen LogP contribution is 2.77. The van der Waals surface area contributed by atoms with E-state index in [1.165, 1.54) is 49.7 Å². The van der Waals surface area contributed by atoms with Crippen LogP contribution in [0, 0.1) is 56.7 Å². The van der Waals surface area contributed by atoms with Crippen LogP contribution >= 0.6 is 11.6 Å². The number of benzene rings is 1. The minimum Gasteiger partial charge on any atom is -0.478 e. The molecule has 0 aliphatic heterocycles. The van der Waals surface area contributed by atoms with Crippen molar-refractivity contribution in [3.63, 3.8) is 0 Å². The van der Waals surface area contributed by atoms with Gasteiger partial charge in [-0.3, -0.25) is 0 Å². The average molecular weight is 579 g/mol. The number of fused-ring (bicyclic) bond motifs is 7. The molecule has 0 aromatic heterocycles. The van der Waals surface area contributed by atoms with Crippen molar-refractivity contribution in [3.8, 4) is 0 Å². The molecule has 224 valence electrons. The Morgan fingerprint density at radius 1 is 0.976 bits per heavy atom. The Morgan fingerprint density at radius 3 is 2.34 bits per heavy atom. The molecule has 0 spiro atoms. The number of carboxylic acids is 1. The molecule has 0 bridgehead atoms. The van der Waals surface area contributed by atoms with Crippen molar-refractivity contribution >= 4 is 23.1 Å². The first-order valence-corrected chi connectivity index (χ1v) is 16.5. The van der Waals surface area contributed by atoms with E-state index in [1.54, 1.807) is 6.07 Å². The second-order valence-electron chi connectivity index (χ2n) is 16.2.